The molecule has 18 heavy (non-hydrogen) atoms. The Morgan fingerprint density at radius 2 is 1.94 bits per heavy atom. The van der Waals surface area contributed by atoms with Crippen molar-refractivity contribution in [3.8, 4) is 11.5 Å². The molecule has 1 aliphatic heterocycles. The van der Waals surface area contributed by atoms with Crippen LogP contribution < -0.4 is 14.8 Å². The lowest BCUT2D eigenvalue weighted by atomic mass is 10.0. The largest absolute Gasteiger partial charge is 0.495 e. The minimum atomic E-state index is -0.396. The van der Waals surface area contributed by atoms with Crippen LogP contribution >= 0.6 is 15.9 Å². The highest BCUT2D eigenvalue weighted by Gasteiger charge is 2.23. The fourth-order valence-corrected chi connectivity index (χ4v) is 2.42. The summed E-state index contributed by atoms with van der Waals surface area (Å²) in [6, 6.07) is 3.67. The molecule has 98 valence electrons. The van der Waals surface area contributed by atoms with Gasteiger partial charge in [0.1, 0.15) is 16.0 Å². The molecule has 1 aliphatic rings. The van der Waals surface area contributed by atoms with Gasteiger partial charge in [-0.25, -0.2) is 4.79 Å². The summed E-state index contributed by atoms with van der Waals surface area (Å²) in [6.07, 6.45) is 0.326. The van der Waals surface area contributed by atoms with Crippen LogP contribution in [0.1, 0.15) is 18.0 Å². The number of cyclic esters (lactones) is 1. The van der Waals surface area contributed by atoms with E-state index in [-0.39, 0.29) is 6.04 Å². The molecular weight excluding hydrogens is 302 g/mol. The van der Waals surface area contributed by atoms with E-state index in [0.29, 0.717) is 18.1 Å². The third kappa shape index (κ3) is 2.53. The predicted molar refractivity (Wildman–Crippen MR) is 69.1 cm³/mol. The molecule has 0 spiro atoms. The summed E-state index contributed by atoms with van der Waals surface area (Å²) in [5.74, 6) is 1.34. The monoisotopic (exact) mass is 315 g/mol. The minimum Gasteiger partial charge on any atom is -0.495 e. The van der Waals surface area contributed by atoms with E-state index in [9.17, 15) is 4.79 Å². The van der Waals surface area contributed by atoms with Gasteiger partial charge in [0.2, 0.25) is 0 Å². The lowest BCUT2D eigenvalue weighted by molar-refractivity contribution is 0.115. The molecule has 5 nitrogen and oxygen atoms in total. The molecule has 1 N–H and O–H groups in total. The first-order valence-corrected chi connectivity index (χ1v) is 6.29. The zero-order chi connectivity index (χ0) is 13.1. The molecule has 0 radical (unpaired) electrons. The number of amides is 1. The van der Waals surface area contributed by atoms with E-state index >= 15 is 0 Å². The van der Waals surface area contributed by atoms with Crippen molar-refractivity contribution in [1.29, 1.82) is 0 Å². The van der Waals surface area contributed by atoms with E-state index in [1.807, 2.05) is 12.1 Å². The summed E-state index contributed by atoms with van der Waals surface area (Å²) in [5, 5.41) is 2.77. The highest BCUT2D eigenvalue weighted by Crippen LogP contribution is 2.38. The summed E-state index contributed by atoms with van der Waals surface area (Å²) in [5.41, 5.74) is 0.934. The molecule has 1 atom stereocenters. The molecule has 6 heteroatoms. The molecule has 1 amide bonds. The number of rotatable bonds is 3. The number of benzene rings is 1. The van der Waals surface area contributed by atoms with Crippen LogP contribution in [0.15, 0.2) is 16.6 Å². The normalized spacial score (nSPS) is 18.8. The van der Waals surface area contributed by atoms with Crippen LogP contribution in [0.2, 0.25) is 0 Å². The first kappa shape index (κ1) is 13.0. The maximum Gasteiger partial charge on any atom is 0.407 e. The summed E-state index contributed by atoms with van der Waals surface area (Å²) < 4.78 is 16.2. The molecule has 1 aromatic carbocycles. The van der Waals surface area contributed by atoms with Crippen LogP contribution in [0, 0.1) is 0 Å². The van der Waals surface area contributed by atoms with E-state index in [4.69, 9.17) is 14.2 Å². The highest BCUT2D eigenvalue weighted by molar-refractivity contribution is 9.10. The molecule has 0 saturated carbocycles. The van der Waals surface area contributed by atoms with Crippen molar-refractivity contribution in [2.75, 3.05) is 20.8 Å². The predicted octanol–water partition coefficient (Wildman–Crippen LogP) is 2.64. The lowest BCUT2D eigenvalue weighted by Gasteiger charge is -2.24. The summed E-state index contributed by atoms with van der Waals surface area (Å²) in [6.45, 7) is 0.414. The molecule has 1 heterocycles. The van der Waals surface area contributed by atoms with E-state index in [0.717, 1.165) is 16.5 Å². The number of ether oxygens (including phenoxy) is 3. The second-order valence-corrected chi connectivity index (χ2v) is 4.65. The third-order valence-corrected chi connectivity index (χ3v) is 3.58. The first-order valence-electron chi connectivity index (χ1n) is 5.50. The smallest absolute Gasteiger partial charge is 0.407 e. The van der Waals surface area contributed by atoms with Gasteiger partial charge < -0.3 is 19.5 Å². The number of carbonyl (C=O) groups is 1. The zero-order valence-corrected chi connectivity index (χ0v) is 11.7. The second kappa shape index (κ2) is 5.48. The van der Waals surface area contributed by atoms with Gasteiger partial charge in [0.05, 0.1) is 26.9 Å². The summed E-state index contributed by atoms with van der Waals surface area (Å²) in [7, 11) is 3.18. The number of hydrogen-bond donors (Lipinski definition) is 1. The Labute approximate surface area is 114 Å². The van der Waals surface area contributed by atoms with Crippen LogP contribution in [0.5, 0.6) is 11.5 Å². The molecule has 2 rings (SSSR count). The average molecular weight is 316 g/mol. The molecule has 1 fully saturated rings. The Kier molecular flexibility index (Phi) is 3.96. The van der Waals surface area contributed by atoms with Crippen LogP contribution in [-0.2, 0) is 4.74 Å². The SMILES string of the molecule is COc1cc([C@H]2CCOC(=O)N2)cc(OC)c1Br. The molecule has 1 saturated heterocycles. The van der Waals surface area contributed by atoms with Crippen LogP contribution in [0.3, 0.4) is 0 Å². The Morgan fingerprint density at radius 3 is 2.44 bits per heavy atom. The number of methoxy groups -OCH3 is 2. The standard InChI is InChI=1S/C12H14BrNO4/c1-16-9-5-7(6-10(17-2)11(9)13)8-3-4-18-12(15)14-8/h5-6,8H,3-4H2,1-2H3,(H,14,15)/t8-/m1/s1. The molecule has 0 bridgehead atoms. The van der Waals surface area contributed by atoms with Crippen molar-refractivity contribution < 1.29 is 19.0 Å². The van der Waals surface area contributed by atoms with Gasteiger partial charge >= 0.3 is 6.09 Å². The summed E-state index contributed by atoms with van der Waals surface area (Å²) in [4.78, 5) is 11.2. The van der Waals surface area contributed by atoms with Gasteiger partial charge in [-0.05, 0) is 33.6 Å². The third-order valence-electron chi connectivity index (χ3n) is 2.80. The maximum absolute atomic E-state index is 11.2. The van der Waals surface area contributed by atoms with Crippen molar-refractivity contribution in [2.24, 2.45) is 0 Å². The van der Waals surface area contributed by atoms with Gasteiger partial charge in [-0.3, -0.25) is 0 Å². The van der Waals surface area contributed by atoms with Crippen molar-refractivity contribution in [1.82, 2.24) is 5.32 Å². The Morgan fingerprint density at radius 1 is 1.33 bits per heavy atom. The minimum absolute atomic E-state index is 0.0813. The van der Waals surface area contributed by atoms with Crippen molar-refractivity contribution in [3.63, 3.8) is 0 Å². The van der Waals surface area contributed by atoms with E-state index < -0.39 is 6.09 Å². The van der Waals surface area contributed by atoms with Gasteiger partial charge in [0, 0.05) is 6.42 Å². The van der Waals surface area contributed by atoms with Gasteiger partial charge in [-0.15, -0.1) is 0 Å². The van der Waals surface area contributed by atoms with Gasteiger partial charge in [-0.1, -0.05) is 0 Å². The van der Waals surface area contributed by atoms with Gasteiger partial charge in [0.15, 0.2) is 0 Å². The van der Waals surface area contributed by atoms with E-state index in [1.165, 1.54) is 0 Å². The molecule has 1 aromatic rings. The number of halogens is 1. The first-order chi connectivity index (χ1) is 8.65. The highest BCUT2D eigenvalue weighted by atomic mass is 79.9. The molecule has 0 aliphatic carbocycles. The van der Waals surface area contributed by atoms with Gasteiger partial charge in [-0.2, -0.15) is 0 Å². The quantitative estimate of drug-likeness (QED) is 0.931. The molecule has 0 unspecified atom stereocenters. The second-order valence-electron chi connectivity index (χ2n) is 3.86. The van der Waals surface area contributed by atoms with Crippen molar-refractivity contribution >= 4 is 22.0 Å². The number of carbonyl (C=O) groups excluding carboxylic acids is 1. The van der Waals surface area contributed by atoms with Crippen LogP contribution in [0.4, 0.5) is 4.79 Å². The van der Waals surface area contributed by atoms with E-state index in [1.54, 1.807) is 14.2 Å². The number of alkyl carbamates (subject to hydrolysis) is 1. The zero-order valence-electron chi connectivity index (χ0n) is 10.2. The summed E-state index contributed by atoms with van der Waals surface area (Å²) >= 11 is 3.41. The van der Waals surface area contributed by atoms with Crippen molar-refractivity contribution in [2.45, 2.75) is 12.5 Å². The molecule has 0 aromatic heterocycles. The molecular formula is C12H14BrNO4. The van der Waals surface area contributed by atoms with Gasteiger partial charge in [0.25, 0.3) is 0 Å². The maximum atomic E-state index is 11.2. The topological polar surface area (TPSA) is 56.8 Å². The lowest BCUT2D eigenvalue weighted by Crippen LogP contribution is -2.35. The van der Waals surface area contributed by atoms with E-state index in [2.05, 4.69) is 21.2 Å². The fraction of sp³-hybridized carbons (Fsp3) is 0.417. The number of hydrogen-bond acceptors (Lipinski definition) is 4. The average Bonchev–Trinajstić information content (AvgIpc) is 2.39. The van der Waals surface area contributed by atoms with Crippen LogP contribution in [-0.4, -0.2) is 26.9 Å². The number of nitrogens with one attached hydrogen (secondary N) is 1. The fourth-order valence-electron chi connectivity index (χ4n) is 1.87. The Bertz CT molecular complexity index is 438. The van der Waals surface area contributed by atoms with Crippen LogP contribution in [0.25, 0.3) is 0 Å². The van der Waals surface area contributed by atoms with Crippen molar-refractivity contribution in [3.05, 3.63) is 22.2 Å². The Hall–Kier alpha value is -1.43. The Balaban J connectivity index is 2.35.